The van der Waals surface area contributed by atoms with Crippen LogP contribution in [0.4, 0.5) is 0 Å². The highest BCUT2D eigenvalue weighted by Crippen LogP contribution is 2.25. The largest absolute Gasteiger partial charge is 0.388 e. The molecule has 1 unspecified atom stereocenters. The molecule has 2 heteroatoms. The summed E-state index contributed by atoms with van der Waals surface area (Å²) in [7, 11) is 0. The van der Waals surface area contributed by atoms with Crippen LogP contribution in [0.25, 0.3) is 10.8 Å². The molecule has 100 valence electrons. The molecule has 20 heavy (non-hydrogen) atoms. The van der Waals surface area contributed by atoms with Crippen LogP contribution in [0.5, 0.6) is 0 Å². The van der Waals surface area contributed by atoms with Gasteiger partial charge in [0.1, 0.15) is 0 Å². The third kappa shape index (κ3) is 2.69. The van der Waals surface area contributed by atoms with Gasteiger partial charge in [0.15, 0.2) is 0 Å². The van der Waals surface area contributed by atoms with E-state index in [4.69, 9.17) is 11.6 Å². The van der Waals surface area contributed by atoms with Gasteiger partial charge in [0.2, 0.25) is 0 Å². The molecular weight excluding hydrogens is 268 g/mol. The van der Waals surface area contributed by atoms with Crippen LogP contribution in [0, 0.1) is 0 Å². The zero-order valence-electron chi connectivity index (χ0n) is 11.0. The van der Waals surface area contributed by atoms with Crippen molar-refractivity contribution in [1.29, 1.82) is 0 Å². The summed E-state index contributed by atoms with van der Waals surface area (Å²) < 4.78 is 0. The van der Waals surface area contributed by atoms with Crippen molar-refractivity contribution in [1.82, 2.24) is 0 Å². The molecule has 0 heterocycles. The van der Waals surface area contributed by atoms with E-state index in [1.165, 1.54) is 10.8 Å². The molecule has 3 aromatic rings. The van der Waals surface area contributed by atoms with Crippen LogP contribution in [-0.2, 0) is 6.42 Å². The monoisotopic (exact) mass is 282 g/mol. The fourth-order valence-electron chi connectivity index (χ4n) is 2.48. The number of hydrogen-bond acceptors (Lipinski definition) is 1. The highest BCUT2D eigenvalue weighted by molar-refractivity contribution is 6.30. The van der Waals surface area contributed by atoms with E-state index in [9.17, 15) is 5.11 Å². The van der Waals surface area contributed by atoms with Gasteiger partial charge in [0, 0.05) is 11.4 Å². The van der Waals surface area contributed by atoms with Crippen molar-refractivity contribution in [3.05, 3.63) is 82.9 Å². The predicted octanol–water partition coefficient (Wildman–Crippen LogP) is 4.77. The third-order valence-electron chi connectivity index (χ3n) is 3.55. The molecule has 3 aromatic carbocycles. The topological polar surface area (TPSA) is 20.2 Å². The minimum Gasteiger partial charge on any atom is -0.388 e. The molecule has 0 bridgehead atoms. The third-order valence-corrected chi connectivity index (χ3v) is 3.80. The van der Waals surface area contributed by atoms with Gasteiger partial charge >= 0.3 is 0 Å². The van der Waals surface area contributed by atoms with E-state index in [0.717, 1.165) is 11.1 Å². The Morgan fingerprint density at radius 3 is 2.35 bits per heavy atom. The molecule has 1 atom stereocenters. The van der Waals surface area contributed by atoms with Crippen LogP contribution in [-0.4, -0.2) is 5.11 Å². The highest BCUT2D eigenvalue weighted by Gasteiger charge is 2.10. The summed E-state index contributed by atoms with van der Waals surface area (Å²) in [5.74, 6) is 0. The highest BCUT2D eigenvalue weighted by atomic mass is 35.5. The molecule has 0 radical (unpaired) electrons. The van der Waals surface area contributed by atoms with Gasteiger partial charge in [-0.15, -0.1) is 0 Å². The van der Waals surface area contributed by atoms with Crippen molar-refractivity contribution in [2.45, 2.75) is 12.5 Å². The van der Waals surface area contributed by atoms with Crippen LogP contribution in [0.3, 0.4) is 0 Å². The Balaban J connectivity index is 1.91. The maximum absolute atomic E-state index is 10.4. The Labute approximate surface area is 123 Å². The van der Waals surface area contributed by atoms with E-state index in [-0.39, 0.29) is 0 Å². The maximum atomic E-state index is 10.4. The average molecular weight is 283 g/mol. The van der Waals surface area contributed by atoms with Gasteiger partial charge in [0.25, 0.3) is 0 Å². The second-order valence-electron chi connectivity index (χ2n) is 4.91. The van der Waals surface area contributed by atoms with E-state index in [2.05, 4.69) is 24.3 Å². The Morgan fingerprint density at radius 2 is 1.55 bits per heavy atom. The van der Waals surface area contributed by atoms with E-state index in [0.29, 0.717) is 11.4 Å². The lowest BCUT2D eigenvalue weighted by atomic mass is 9.97. The van der Waals surface area contributed by atoms with E-state index >= 15 is 0 Å². The van der Waals surface area contributed by atoms with Gasteiger partial charge in [0.05, 0.1) is 6.10 Å². The van der Waals surface area contributed by atoms with Crippen LogP contribution in [0.2, 0.25) is 5.02 Å². The quantitative estimate of drug-likeness (QED) is 0.734. The summed E-state index contributed by atoms with van der Waals surface area (Å²) >= 11 is 5.87. The minimum atomic E-state index is -0.516. The number of rotatable bonds is 3. The van der Waals surface area contributed by atoms with Crippen molar-refractivity contribution in [2.24, 2.45) is 0 Å². The van der Waals surface area contributed by atoms with Gasteiger partial charge in [-0.1, -0.05) is 66.2 Å². The first-order valence-electron chi connectivity index (χ1n) is 6.64. The lowest BCUT2D eigenvalue weighted by Gasteiger charge is -2.13. The number of aliphatic hydroxyl groups is 1. The number of fused-ring (bicyclic) bond motifs is 1. The molecule has 0 saturated carbocycles. The molecule has 0 aliphatic heterocycles. The van der Waals surface area contributed by atoms with Crippen molar-refractivity contribution in [2.75, 3.05) is 0 Å². The van der Waals surface area contributed by atoms with Crippen molar-refractivity contribution < 1.29 is 5.11 Å². The number of halogens is 1. The summed E-state index contributed by atoms with van der Waals surface area (Å²) in [4.78, 5) is 0. The first-order chi connectivity index (χ1) is 9.74. The van der Waals surface area contributed by atoms with E-state index in [1.807, 2.05) is 42.5 Å². The van der Waals surface area contributed by atoms with Gasteiger partial charge in [-0.05, 0) is 34.0 Å². The van der Waals surface area contributed by atoms with Crippen molar-refractivity contribution >= 4 is 22.4 Å². The summed E-state index contributed by atoms with van der Waals surface area (Å²) in [5, 5.41) is 13.5. The fourth-order valence-corrected chi connectivity index (χ4v) is 2.61. The van der Waals surface area contributed by atoms with Crippen molar-refractivity contribution in [3.63, 3.8) is 0 Å². The molecule has 0 saturated heterocycles. The summed E-state index contributed by atoms with van der Waals surface area (Å²) in [6.45, 7) is 0. The fraction of sp³-hybridized carbons (Fsp3) is 0.111. The molecule has 0 fully saturated rings. The Hall–Kier alpha value is -1.83. The van der Waals surface area contributed by atoms with Gasteiger partial charge in [-0.3, -0.25) is 0 Å². The first kappa shape index (κ1) is 13.2. The zero-order valence-corrected chi connectivity index (χ0v) is 11.7. The normalized spacial score (nSPS) is 12.5. The van der Waals surface area contributed by atoms with Crippen LogP contribution in [0.1, 0.15) is 17.2 Å². The zero-order chi connectivity index (χ0) is 13.9. The van der Waals surface area contributed by atoms with Gasteiger partial charge in [-0.2, -0.15) is 0 Å². The summed E-state index contributed by atoms with van der Waals surface area (Å²) in [6, 6.07) is 21.8. The average Bonchev–Trinajstić information content (AvgIpc) is 2.48. The molecule has 0 spiro atoms. The first-order valence-corrected chi connectivity index (χ1v) is 7.02. The lowest BCUT2D eigenvalue weighted by Crippen LogP contribution is -2.02. The molecule has 0 aliphatic rings. The van der Waals surface area contributed by atoms with Crippen LogP contribution in [0.15, 0.2) is 66.7 Å². The maximum Gasteiger partial charge on any atom is 0.0830 e. The number of aliphatic hydroxyl groups excluding tert-OH is 1. The van der Waals surface area contributed by atoms with Crippen molar-refractivity contribution in [3.8, 4) is 0 Å². The second kappa shape index (κ2) is 5.66. The molecular formula is C18H15ClO. The standard InChI is InChI=1S/C18H15ClO/c19-16-10-8-14(9-11-16)18(20)12-15-6-3-5-13-4-1-2-7-17(13)15/h1-11,18,20H,12H2. The molecule has 1 N–H and O–H groups in total. The molecule has 1 nitrogen and oxygen atoms in total. The van der Waals surface area contributed by atoms with E-state index < -0.39 is 6.10 Å². The molecule has 0 aliphatic carbocycles. The summed E-state index contributed by atoms with van der Waals surface area (Å²) in [6.07, 6.45) is 0.0845. The minimum absolute atomic E-state index is 0.516. The predicted molar refractivity (Wildman–Crippen MR) is 84.1 cm³/mol. The Bertz CT molecular complexity index is 714. The summed E-state index contributed by atoms with van der Waals surface area (Å²) in [5.41, 5.74) is 2.05. The second-order valence-corrected chi connectivity index (χ2v) is 5.35. The van der Waals surface area contributed by atoms with E-state index in [1.54, 1.807) is 0 Å². The Kier molecular flexibility index (Phi) is 3.72. The number of hydrogen-bond donors (Lipinski definition) is 1. The van der Waals surface area contributed by atoms with Crippen LogP contribution >= 0.6 is 11.6 Å². The smallest absolute Gasteiger partial charge is 0.0830 e. The molecule has 3 rings (SSSR count). The lowest BCUT2D eigenvalue weighted by molar-refractivity contribution is 0.179. The van der Waals surface area contributed by atoms with Gasteiger partial charge < -0.3 is 5.11 Å². The van der Waals surface area contributed by atoms with Gasteiger partial charge in [-0.25, -0.2) is 0 Å². The van der Waals surface area contributed by atoms with Crippen LogP contribution < -0.4 is 0 Å². The SMILES string of the molecule is OC(Cc1cccc2ccccc12)c1ccc(Cl)cc1. The number of benzene rings is 3. The Morgan fingerprint density at radius 1 is 0.850 bits per heavy atom. The molecule has 0 amide bonds. The molecule has 0 aromatic heterocycles.